The van der Waals surface area contributed by atoms with Crippen LogP contribution in [0.3, 0.4) is 0 Å². The zero-order chi connectivity index (χ0) is 20.7. The number of hydrogen-bond donors (Lipinski definition) is 1. The van der Waals surface area contributed by atoms with Gasteiger partial charge in [0.15, 0.2) is 0 Å². The van der Waals surface area contributed by atoms with Crippen molar-refractivity contribution in [3.05, 3.63) is 94.8 Å². The summed E-state index contributed by atoms with van der Waals surface area (Å²) in [6.07, 6.45) is 0. The Labute approximate surface area is 169 Å². The van der Waals surface area contributed by atoms with E-state index in [4.69, 9.17) is 0 Å². The number of imidazole rings is 1. The van der Waals surface area contributed by atoms with Gasteiger partial charge < -0.3 is 5.32 Å². The number of nitro benzene ring substituents is 1. The Morgan fingerprint density at radius 2 is 1.73 bits per heavy atom. The molecule has 30 heavy (non-hydrogen) atoms. The number of carbonyl (C=O) groups is 1. The minimum absolute atomic E-state index is 0.0763. The molecule has 0 saturated carbocycles. The molecule has 1 N–H and O–H groups in total. The number of rotatable bonds is 4. The van der Waals surface area contributed by atoms with E-state index in [0.717, 1.165) is 0 Å². The number of hydrogen-bond acceptors (Lipinski definition) is 5. The molecule has 0 radical (unpaired) electrons. The van der Waals surface area contributed by atoms with Gasteiger partial charge in [-0.1, -0.05) is 36.4 Å². The summed E-state index contributed by atoms with van der Waals surface area (Å²) in [5.74, 6) is 0.0857. The highest BCUT2D eigenvalue weighted by atomic mass is 16.6. The van der Waals surface area contributed by atoms with Crippen LogP contribution in [0, 0.1) is 10.1 Å². The summed E-state index contributed by atoms with van der Waals surface area (Å²) >= 11 is 0. The van der Waals surface area contributed by atoms with E-state index < -0.39 is 10.8 Å². The van der Waals surface area contributed by atoms with Gasteiger partial charge in [-0.2, -0.15) is 4.68 Å². The molecule has 9 heteroatoms. The third-order valence-corrected chi connectivity index (χ3v) is 4.66. The lowest BCUT2D eigenvalue weighted by molar-refractivity contribution is -0.384. The van der Waals surface area contributed by atoms with E-state index >= 15 is 0 Å². The molecule has 2 aromatic heterocycles. The van der Waals surface area contributed by atoms with Crippen LogP contribution in [0.25, 0.3) is 22.5 Å². The van der Waals surface area contributed by atoms with E-state index in [9.17, 15) is 14.9 Å². The second kappa shape index (κ2) is 6.82. The smallest absolute Gasteiger partial charge is 0.293 e. The fraction of sp³-hybridized carbons (Fsp3) is 0. The van der Waals surface area contributed by atoms with Crippen molar-refractivity contribution in [2.45, 2.75) is 0 Å². The van der Waals surface area contributed by atoms with Gasteiger partial charge in [-0.3, -0.25) is 19.3 Å². The van der Waals surface area contributed by atoms with Gasteiger partial charge >= 0.3 is 0 Å². The number of amides is 1. The summed E-state index contributed by atoms with van der Waals surface area (Å²) in [6, 6.07) is 22.5. The highest BCUT2D eigenvalue weighted by Crippen LogP contribution is 2.23. The van der Waals surface area contributed by atoms with Gasteiger partial charge in [0.25, 0.3) is 11.6 Å². The van der Waals surface area contributed by atoms with Gasteiger partial charge in [-0.05, 0) is 30.3 Å². The van der Waals surface area contributed by atoms with Gasteiger partial charge in [-0.15, -0.1) is 5.10 Å². The van der Waals surface area contributed by atoms with Crippen LogP contribution in [0.5, 0.6) is 0 Å². The Kier molecular flexibility index (Phi) is 3.99. The molecule has 3 aromatic carbocycles. The predicted octanol–water partition coefficient (Wildman–Crippen LogP) is 3.83. The Hall–Kier alpha value is -4.53. The number of fused-ring (bicyclic) bond motifs is 3. The number of non-ortho nitro benzene ring substituents is 1. The van der Waals surface area contributed by atoms with Crippen molar-refractivity contribution in [2.75, 3.05) is 5.32 Å². The zero-order valence-corrected chi connectivity index (χ0v) is 15.5. The van der Waals surface area contributed by atoms with Crippen molar-refractivity contribution in [1.82, 2.24) is 19.2 Å². The second-order valence-electron chi connectivity index (χ2n) is 6.57. The average molecular weight is 398 g/mol. The molecule has 0 unspecified atom stereocenters. The largest absolute Gasteiger partial charge is 0.319 e. The van der Waals surface area contributed by atoms with Crippen LogP contribution in [-0.4, -0.2) is 30.0 Å². The predicted molar refractivity (Wildman–Crippen MR) is 111 cm³/mol. The summed E-state index contributed by atoms with van der Waals surface area (Å²) in [5, 5.41) is 18.5. The molecule has 0 saturated heterocycles. The van der Waals surface area contributed by atoms with Crippen molar-refractivity contribution >= 4 is 34.1 Å². The number of nitrogens with zero attached hydrogens (tertiary/aromatic N) is 5. The molecule has 0 fully saturated rings. The van der Waals surface area contributed by atoms with Crippen LogP contribution in [0.2, 0.25) is 0 Å². The number of anilines is 1. The maximum absolute atomic E-state index is 13.0. The molecule has 0 aliphatic rings. The first-order valence-corrected chi connectivity index (χ1v) is 9.09. The summed E-state index contributed by atoms with van der Waals surface area (Å²) < 4.78 is 3.08. The molecule has 146 valence electrons. The highest BCUT2D eigenvalue weighted by molar-refractivity contribution is 6.03. The van der Waals surface area contributed by atoms with Crippen molar-refractivity contribution in [2.24, 2.45) is 0 Å². The third-order valence-electron chi connectivity index (χ3n) is 4.66. The van der Waals surface area contributed by atoms with Crippen molar-refractivity contribution < 1.29 is 9.72 Å². The summed E-state index contributed by atoms with van der Waals surface area (Å²) in [6.45, 7) is 0. The van der Waals surface area contributed by atoms with Gasteiger partial charge in [0.1, 0.15) is 0 Å². The first-order valence-electron chi connectivity index (χ1n) is 9.09. The Bertz CT molecular complexity index is 1420. The lowest BCUT2D eigenvalue weighted by atomic mass is 10.3. The summed E-state index contributed by atoms with van der Waals surface area (Å²) in [4.78, 5) is 28.4. The van der Waals surface area contributed by atoms with Gasteiger partial charge in [0.2, 0.25) is 11.6 Å². The number of para-hydroxylation sites is 3. The molecule has 0 bridgehead atoms. The van der Waals surface area contributed by atoms with E-state index in [2.05, 4.69) is 15.4 Å². The Morgan fingerprint density at radius 3 is 2.53 bits per heavy atom. The van der Waals surface area contributed by atoms with Gasteiger partial charge in [0, 0.05) is 17.8 Å². The molecule has 5 aromatic rings. The molecule has 9 nitrogen and oxygen atoms in total. The molecule has 0 aliphatic carbocycles. The maximum atomic E-state index is 13.0. The molecule has 2 heterocycles. The van der Waals surface area contributed by atoms with Crippen LogP contribution < -0.4 is 5.32 Å². The second-order valence-corrected chi connectivity index (χ2v) is 6.57. The zero-order valence-electron chi connectivity index (χ0n) is 15.5. The Morgan fingerprint density at radius 1 is 0.967 bits per heavy atom. The maximum Gasteiger partial charge on any atom is 0.293 e. The van der Waals surface area contributed by atoms with E-state index in [1.165, 1.54) is 16.8 Å². The molecular weight excluding hydrogens is 384 g/mol. The molecule has 0 aliphatic heterocycles. The van der Waals surface area contributed by atoms with Gasteiger partial charge in [-0.25, -0.2) is 4.98 Å². The fourth-order valence-corrected chi connectivity index (χ4v) is 3.32. The minimum Gasteiger partial charge on any atom is -0.319 e. The minimum atomic E-state index is -0.477. The van der Waals surface area contributed by atoms with Crippen molar-refractivity contribution in [3.8, 4) is 5.69 Å². The third kappa shape index (κ3) is 2.85. The van der Waals surface area contributed by atoms with Crippen molar-refractivity contribution in [3.63, 3.8) is 0 Å². The van der Waals surface area contributed by atoms with Crippen LogP contribution in [0.4, 0.5) is 11.4 Å². The number of nitro groups is 1. The summed E-state index contributed by atoms with van der Waals surface area (Å²) in [7, 11) is 0. The number of nitrogens with one attached hydrogen (secondary N) is 1. The first-order chi connectivity index (χ1) is 14.6. The van der Waals surface area contributed by atoms with Crippen LogP contribution in [0.1, 0.15) is 10.6 Å². The van der Waals surface area contributed by atoms with Gasteiger partial charge in [0.05, 0.1) is 21.6 Å². The van der Waals surface area contributed by atoms with E-state index in [-0.39, 0.29) is 11.5 Å². The number of aromatic nitrogens is 4. The highest BCUT2D eigenvalue weighted by Gasteiger charge is 2.23. The van der Waals surface area contributed by atoms with E-state index in [1.807, 2.05) is 42.5 Å². The van der Waals surface area contributed by atoms with Crippen molar-refractivity contribution in [1.29, 1.82) is 0 Å². The first kappa shape index (κ1) is 17.6. The average Bonchev–Trinajstić information content (AvgIpc) is 3.32. The normalized spacial score (nSPS) is 11.1. The number of benzene rings is 3. The quantitative estimate of drug-likeness (QED) is 0.366. The lowest BCUT2D eigenvalue weighted by Crippen LogP contribution is -2.16. The Balaban J connectivity index is 1.72. The van der Waals surface area contributed by atoms with Crippen LogP contribution >= 0.6 is 0 Å². The number of carbonyl (C=O) groups excluding carboxylic acids is 1. The molecule has 0 atom stereocenters. The lowest BCUT2D eigenvalue weighted by Gasteiger charge is -2.03. The monoisotopic (exact) mass is 398 g/mol. The molecule has 5 rings (SSSR count). The standard InChI is InChI=1S/C21H14N6O3/c28-20(22-14-7-2-1-3-8-14)19-24-26(15-9-6-10-16(13-15)27(29)30)21-23-17-11-4-5-12-18(17)25(19)21/h1-13H,(H,22,28). The van der Waals surface area contributed by atoms with E-state index in [1.54, 1.807) is 28.7 Å². The molecule has 0 spiro atoms. The molecular formula is C21H14N6O3. The SMILES string of the molecule is O=C(Nc1ccccc1)c1nn(-c2cccc([N+](=O)[O-])c2)c2nc3ccccc3n12. The fourth-order valence-electron chi connectivity index (χ4n) is 3.32. The van der Waals surface area contributed by atoms with Crippen LogP contribution in [0.15, 0.2) is 78.9 Å². The van der Waals surface area contributed by atoms with E-state index in [0.29, 0.717) is 28.2 Å². The topological polar surface area (TPSA) is 107 Å². The molecule has 1 amide bonds. The van der Waals surface area contributed by atoms with Crippen LogP contribution in [-0.2, 0) is 0 Å². The summed E-state index contributed by atoms with van der Waals surface area (Å²) in [5.41, 5.74) is 2.38.